The predicted molar refractivity (Wildman–Crippen MR) is 66.7 cm³/mol. The number of carbonyl (C=O) groups is 1. The van der Waals surface area contributed by atoms with Crippen molar-refractivity contribution >= 4 is 5.97 Å². The Kier molecular flexibility index (Phi) is 8.17. The Morgan fingerprint density at radius 2 is 2.06 bits per heavy atom. The average Bonchev–Trinajstić information content (AvgIpc) is 2.47. The highest BCUT2D eigenvalue weighted by Crippen LogP contribution is 2.13. The maximum Gasteiger partial charge on any atom is 0.308 e. The van der Waals surface area contributed by atoms with Gasteiger partial charge in [-0.15, -0.1) is 0 Å². The molecule has 0 bridgehead atoms. The van der Waals surface area contributed by atoms with Gasteiger partial charge in [0.15, 0.2) is 0 Å². The molecule has 0 amide bonds. The molecule has 3 nitrogen and oxygen atoms in total. The second-order valence-electron chi connectivity index (χ2n) is 3.09. The van der Waals surface area contributed by atoms with E-state index in [9.17, 15) is 4.79 Å². The first-order valence-corrected chi connectivity index (χ1v) is 5.68. The molecule has 0 saturated heterocycles. The zero-order valence-electron chi connectivity index (χ0n) is 10.3. The standard InChI is InChI=1S/C11H15NO2.C2H6/c1-9(13)14-11-4-2-3-10(5-6-11)7-8-12;1-2/h3-6H,2,7-8,12H2,1H3;1-2H3. The molecule has 2 N–H and O–H groups in total. The maximum atomic E-state index is 10.7. The minimum atomic E-state index is -0.289. The highest BCUT2D eigenvalue weighted by molar-refractivity contribution is 5.67. The van der Waals surface area contributed by atoms with E-state index in [4.69, 9.17) is 10.5 Å². The predicted octanol–water partition coefficient (Wildman–Crippen LogP) is 2.69. The molecule has 16 heavy (non-hydrogen) atoms. The molecule has 0 aromatic heterocycles. The van der Waals surface area contributed by atoms with Crippen LogP contribution in [0.2, 0.25) is 0 Å². The van der Waals surface area contributed by atoms with Crippen molar-refractivity contribution in [3.63, 3.8) is 0 Å². The Morgan fingerprint density at radius 3 is 2.62 bits per heavy atom. The van der Waals surface area contributed by atoms with E-state index in [-0.39, 0.29) is 5.97 Å². The summed E-state index contributed by atoms with van der Waals surface area (Å²) in [6.45, 7) is 6.03. The SMILES string of the molecule is CC.CC(=O)OC1=CCC=C(CCN)C=C1. The van der Waals surface area contributed by atoms with Gasteiger partial charge in [-0.1, -0.05) is 31.6 Å². The lowest BCUT2D eigenvalue weighted by Crippen LogP contribution is -1.99. The molecule has 0 saturated carbocycles. The molecule has 0 aliphatic heterocycles. The van der Waals surface area contributed by atoms with Gasteiger partial charge in [-0.25, -0.2) is 0 Å². The molecule has 0 fully saturated rings. The van der Waals surface area contributed by atoms with Crippen LogP contribution >= 0.6 is 0 Å². The second-order valence-corrected chi connectivity index (χ2v) is 3.09. The van der Waals surface area contributed by atoms with Crippen LogP contribution in [0.3, 0.4) is 0 Å². The second kappa shape index (κ2) is 8.92. The number of ether oxygens (including phenoxy) is 1. The summed E-state index contributed by atoms with van der Waals surface area (Å²) < 4.78 is 4.97. The number of hydrogen-bond donors (Lipinski definition) is 1. The van der Waals surface area contributed by atoms with Gasteiger partial charge in [0.05, 0.1) is 0 Å². The molecule has 3 heteroatoms. The van der Waals surface area contributed by atoms with Crippen molar-refractivity contribution in [1.29, 1.82) is 0 Å². The largest absolute Gasteiger partial charge is 0.427 e. The summed E-state index contributed by atoms with van der Waals surface area (Å²) in [5.74, 6) is 0.323. The van der Waals surface area contributed by atoms with Gasteiger partial charge in [0.1, 0.15) is 5.76 Å². The van der Waals surface area contributed by atoms with E-state index in [2.05, 4.69) is 6.08 Å². The summed E-state index contributed by atoms with van der Waals surface area (Å²) in [6, 6.07) is 0. The third kappa shape index (κ3) is 6.19. The molecule has 0 radical (unpaired) electrons. The minimum Gasteiger partial charge on any atom is -0.427 e. The van der Waals surface area contributed by atoms with E-state index in [1.807, 2.05) is 26.0 Å². The van der Waals surface area contributed by atoms with Gasteiger partial charge in [-0.3, -0.25) is 4.79 Å². The van der Waals surface area contributed by atoms with E-state index in [1.165, 1.54) is 12.5 Å². The molecule has 90 valence electrons. The Balaban J connectivity index is 0.00000106. The van der Waals surface area contributed by atoms with E-state index in [0.29, 0.717) is 12.3 Å². The third-order valence-corrected chi connectivity index (χ3v) is 1.86. The maximum absolute atomic E-state index is 10.7. The number of esters is 1. The van der Waals surface area contributed by atoms with Gasteiger partial charge in [-0.05, 0) is 31.5 Å². The molecule has 0 spiro atoms. The van der Waals surface area contributed by atoms with Crippen molar-refractivity contribution in [2.75, 3.05) is 6.54 Å². The first kappa shape index (κ1) is 14.6. The summed E-state index contributed by atoms with van der Waals surface area (Å²) in [5.41, 5.74) is 6.63. The fraction of sp³-hybridized carbons (Fsp3) is 0.462. The Bertz CT molecular complexity index is 301. The van der Waals surface area contributed by atoms with Crippen molar-refractivity contribution in [3.05, 3.63) is 35.6 Å². The Labute approximate surface area is 97.7 Å². The fourth-order valence-corrected chi connectivity index (χ4v) is 1.25. The van der Waals surface area contributed by atoms with Crippen LogP contribution < -0.4 is 5.73 Å². The van der Waals surface area contributed by atoms with E-state index in [0.717, 1.165) is 12.8 Å². The Morgan fingerprint density at radius 1 is 1.38 bits per heavy atom. The Hall–Kier alpha value is -1.35. The highest BCUT2D eigenvalue weighted by Gasteiger charge is 2.01. The van der Waals surface area contributed by atoms with Gasteiger partial charge in [0.2, 0.25) is 0 Å². The first-order chi connectivity index (χ1) is 7.72. The van der Waals surface area contributed by atoms with Crippen molar-refractivity contribution in [2.45, 2.75) is 33.6 Å². The van der Waals surface area contributed by atoms with Crippen LogP contribution in [0, 0.1) is 0 Å². The molecule has 0 atom stereocenters. The summed E-state index contributed by atoms with van der Waals surface area (Å²) in [5, 5.41) is 0. The lowest BCUT2D eigenvalue weighted by molar-refractivity contribution is -0.136. The zero-order valence-corrected chi connectivity index (χ0v) is 10.3. The molecule has 1 aliphatic rings. The first-order valence-electron chi connectivity index (χ1n) is 5.68. The van der Waals surface area contributed by atoms with Crippen molar-refractivity contribution in [2.24, 2.45) is 5.73 Å². The third-order valence-electron chi connectivity index (χ3n) is 1.86. The highest BCUT2D eigenvalue weighted by atomic mass is 16.5. The number of carbonyl (C=O) groups excluding carboxylic acids is 1. The van der Waals surface area contributed by atoms with Crippen LogP contribution in [0.1, 0.15) is 33.6 Å². The smallest absolute Gasteiger partial charge is 0.308 e. The van der Waals surface area contributed by atoms with Crippen LogP contribution in [0.25, 0.3) is 0 Å². The van der Waals surface area contributed by atoms with Gasteiger partial charge < -0.3 is 10.5 Å². The normalized spacial score (nSPS) is 14.0. The van der Waals surface area contributed by atoms with Gasteiger partial charge in [0.25, 0.3) is 0 Å². The summed E-state index contributed by atoms with van der Waals surface area (Å²) in [4.78, 5) is 10.7. The molecule has 0 heterocycles. The van der Waals surface area contributed by atoms with E-state index in [1.54, 1.807) is 6.08 Å². The molecule has 0 unspecified atom stereocenters. The van der Waals surface area contributed by atoms with Gasteiger partial charge in [0, 0.05) is 6.92 Å². The number of hydrogen-bond acceptors (Lipinski definition) is 3. The zero-order chi connectivity index (χ0) is 12.4. The van der Waals surface area contributed by atoms with E-state index < -0.39 is 0 Å². The van der Waals surface area contributed by atoms with Crippen LogP contribution in [0.5, 0.6) is 0 Å². The van der Waals surface area contributed by atoms with Crippen LogP contribution in [0.15, 0.2) is 35.6 Å². The topological polar surface area (TPSA) is 52.3 Å². The molecular formula is C13H21NO2. The van der Waals surface area contributed by atoms with Crippen molar-refractivity contribution < 1.29 is 9.53 Å². The number of allylic oxidation sites excluding steroid dienone is 4. The quantitative estimate of drug-likeness (QED) is 0.748. The van der Waals surface area contributed by atoms with Crippen LogP contribution in [0.4, 0.5) is 0 Å². The summed E-state index contributed by atoms with van der Waals surface area (Å²) in [6.07, 6.45) is 9.34. The van der Waals surface area contributed by atoms with Crippen molar-refractivity contribution in [3.8, 4) is 0 Å². The molecule has 1 rings (SSSR count). The fourth-order valence-electron chi connectivity index (χ4n) is 1.25. The van der Waals surface area contributed by atoms with Gasteiger partial charge in [-0.2, -0.15) is 0 Å². The lowest BCUT2D eigenvalue weighted by atomic mass is 10.1. The van der Waals surface area contributed by atoms with Crippen LogP contribution in [-0.2, 0) is 9.53 Å². The lowest BCUT2D eigenvalue weighted by Gasteiger charge is -1.99. The van der Waals surface area contributed by atoms with Crippen molar-refractivity contribution in [1.82, 2.24) is 0 Å². The van der Waals surface area contributed by atoms with E-state index >= 15 is 0 Å². The molecule has 0 aromatic rings. The van der Waals surface area contributed by atoms with Gasteiger partial charge >= 0.3 is 5.97 Å². The molecule has 1 aliphatic carbocycles. The van der Waals surface area contributed by atoms with Crippen LogP contribution in [-0.4, -0.2) is 12.5 Å². The number of rotatable bonds is 3. The summed E-state index contributed by atoms with van der Waals surface area (Å²) in [7, 11) is 0. The molecule has 0 aromatic carbocycles. The minimum absolute atomic E-state index is 0.289. The summed E-state index contributed by atoms with van der Waals surface area (Å²) >= 11 is 0. The number of nitrogens with two attached hydrogens (primary N) is 1. The monoisotopic (exact) mass is 223 g/mol. The average molecular weight is 223 g/mol. The molecular weight excluding hydrogens is 202 g/mol.